The van der Waals surface area contributed by atoms with Crippen LogP contribution in [0.15, 0.2) is 482 Å². The van der Waals surface area contributed by atoms with Gasteiger partial charge in [-0.2, -0.15) is 0 Å². The van der Waals surface area contributed by atoms with E-state index in [1.807, 2.05) is 0 Å². The fourth-order valence-corrected chi connectivity index (χ4v) is 20.4. The van der Waals surface area contributed by atoms with Gasteiger partial charge in [-0.05, 0) is 238 Å². The van der Waals surface area contributed by atoms with Crippen molar-refractivity contribution >= 4 is 153 Å². The molecule has 0 spiro atoms. The van der Waals surface area contributed by atoms with E-state index in [1.54, 1.807) is 0 Å². The van der Waals surface area contributed by atoms with Crippen molar-refractivity contribution in [1.29, 1.82) is 0 Å². The molecule has 0 bridgehead atoms. The fraction of sp³-hybridized carbons (Fsp3) is 0. The average molecular weight is 1630 g/mol. The van der Waals surface area contributed by atoms with Crippen LogP contribution in [0.3, 0.4) is 0 Å². The molecule has 2 heterocycles. The van der Waals surface area contributed by atoms with Crippen molar-refractivity contribution in [2.75, 3.05) is 9.80 Å². The Hall–Kier alpha value is -16.9. The van der Waals surface area contributed by atoms with E-state index in [-0.39, 0.29) is 0 Å². The van der Waals surface area contributed by atoms with Crippen LogP contribution in [0.25, 0.3) is 219 Å². The SMILES string of the molecule is c1ccc(-c2ccc(-c3cccc4c3ccc3c(-c5ccc6c(ccc7c(-c8ccc(-c9ccccc9)c(N(c9ccc(-c%10ccc(-c%11cccc%12ccccc%11%12)cc%10)cc9)c9cccc%10oc%11c%12ccccc%12ccc%11c9%10)c8)cccc76)c5)cccc34)cc2N(c2ccc(-c3ccc(-c4cccc5ccccc45)cc3)cc2)c2cccc3oc4ccccc4c23)cc1. The number of rotatable bonds is 15. The Bertz CT molecular complexity index is 8720. The molecule has 0 fully saturated rings. The second-order valence-electron chi connectivity index (χ2n) is 33.6. The van der Waals surface area contributed by atoms with Crippen molar-refractivity contribution in [2.24, 2.45) is 0 Å². The molecule has 25 rings (SSSR count). The molecule has 0 aliphatic heterocycles. The van der Waals surface area contributed by atoms with Crippen LogP contribution in [0.4, 0.5) is 34.1 Å². The van der Waals surface area contributed by atoms with Crippen molar-refractivity contribution < 1.29 is 8.83 Å². The number of furan rings is 2. The number of para-hydroxylation sites is 1. The van der Waals surface area contributed by atoms with Gasteiger partial charge in [0.25, 0.3) is 0 Å². The molecule has 4 heteroatoms. The highest BCUT2D eigenvalue weighted by Crippen LogP contribution is 2.53. The summed E-state index contributed by atoms with van der Waals surface area (Å²) in [6.45, 7) is 0. The highest BCUT2D eigenvalue weighted by Gasteiger charge is 2.28. The number of anilines is 6. The Balaban J connectivity index is 0.582. The van der Waals surface area contributed by atoms with Gasteiger partial charge >= 0.3 is 0 Å². The summed E-state index contributed by atoms with van der Waals surface area (Å²) < 4.78 is 13.7. The van der Waals surface area contributed by atoms with Crippen molar-refractivity contribution in [1.82, 2.24) is 0 Å². The van der Waals surface area contributed by atoms with E-state index in [9.17, 15) is 0 Å². The lowest BCUT2D eigenvalue weighted by molar-refractivity contribution is 0.669. The minimum absolute atomic E-state index is 0.830. The monoisotopic (exact) mass is 1630 g/mol. The third-order valence-corrected chi connectivity index (χ3v) is 26.5. The van der Waals surface area contributed by atoms with E-state index in [4.69, 9.17) is 8.83 Å². The van der Waals surface area contributed by atoms with Gasteiger partial charge in [0.2, 0.25) is 0 Å². The van der Waals surface area contributed by atoms with Crippen LogP contribution in [-0.4, -0.2) is 0 Å². The van der Waals surface area contributed by atoms with E-state index < -0.39 is 0 Å². The molecular weight excluding hydrogens is 1550 g/mol. The maximum Gasteiger partial charge on any atom is 0.143 e. The maximum atomic E-state index is 7.00. The van der Waals surface area contributed by atoms with E-state index in [0.717, 1.165) is 161 Å². The van der Waals surface area contributed by atoms with E-state index in [0.29, 0.717) is 0 Å². The normalized spacial score (nSPS) is 11.8. The highest BCUT2D eigenvalue weighted by atomic mass is 16.3. The van der Waals surface area contributed by atoms with Crippen LogP contribution in [0.1, 0.15) is 0 Å². The van der Waals surface area contributed by atoms with Gasteiger partial charge in [-0.3, -0.25) is 0 Å². The molecule has 0 aliphatic carbocycles. The van der Waals surface area contributed by atoms with Gasteiger partial charge in [-0.25, -0.2) is 0 Å². The van der Waals surface area contributed by atoms with Gasteiger partial charge in [0.15, 0.2) is 0 Å². The number of benzene rings is 23. The first kappa shape index (κ1) is 73.8. The Morgan fingerprint density at radius 1 is 0.141 bits per heavy atom. The first-order chi connectivity index (χ1) is 63.5. The molecule has 2 aromatic heterocycles. The standard InChI is InChI=1S/C124H78N2O2/c1-3-22-85(23-4-1)104-71-63-93(78-117(104)125(115-43-20-46-120-122(115)113-34-13-14-45-119(113)127-120)94-65-56-81(57-66-94)79-48-52-88(53-49-79)98-35-15-29-83-26-7-10-31-96(83)98)102-39-19-42-109-108-41-18-37-100(111(108)74-75-112(102)109)90-61-69-103-91(76-90)64-72-110-101(38-17-40-107(103)110)92-62-70-105(86-24-5-2-6-25-86)118(77-92)126(116-44-21-47-121-123(116)114-73-60-87-28-9-12-33-106(87)124(114)128-121)95-67-58-82(59-68-95)80-50-54-89(55-51-80)99-36-16-30-84-27-8-11-32-97(84)99/h1-78H. The molecule has 0 aliphatic rings. The second kappa shape index (κ2) is 30.5. The van der Waals surface area contributed by atoms with Gasteiger partial charge in [0, 0.05) is 38.7 Å². The van der Waals surface area contributed by atoms with Crippen molar-refractivity contribution in [3.63, 3.8) is 0 Å². The topological polar surface area (TPSA) is 32.8 Å². The van der Waals surface area contributed by atoms with Gasteiger partial charge in [0.1, 0.15) is 22.3 Å². The number of hydrogen-bond donors (Lipinski definition) is 0. The van der Waals surface area contributed by atoms with Crippen LogP contribution in [0, 0.1) is 0 Å². The number of hydrogen-bond acceptors (Lipinski definition) is 4. The third-order valence-electron chi connectivity index (χ3n) is 26.5. The summed E-state index contributed by atoms with van der Waals surface area (Å²) in [6.07, 6.45) is 0. The zero-order chi connectivity index (χ0) is 84.3. The molecule has 0 atom stereocenters. The predicted octanol–water partition coefficient (Wildman–Crippen LogP) is 35.5. The van der Waals surface area contributed by atoms with E-state index in [2.05, 4.69) is 483 Å². The predicted molar refractivity (Wildman–Crippen MR) is 542 cm³/mol. The van der Waals surface area contributed by atoms with Crippen molar-refractivity contribution in [2.45, 2.75) is 0 Å². The first-order valence-electron chi connectivity index (χ1n) is 44.0. The molecule has 0 N–H and O–H groups in total. The van der Waals surface area contributed by atoms with Gasteiger partial charge in [-0.15, -0.1) is 0 Å². The van der Waals surface area contributed by atoms with Crippen LogP contribution in [-0.2, 0) is 0 Å². The molecule has 0 amide bonds. The summed E-state index contributed by atoms with van der Waals surface area (Å²) in [5.41, 5.74) is 30.3. The summed E-state index contributed by atoms with van der Waals surface area (Å²) in [6, 6.07) is 174. The quantitative estimate of drug-likeness (QED) is 0.0958. The first-order valence-corrected chi connectivity index (χ1v) is 44.0. The third kappa shape index (κ3) is 12.5. The van der Waals surface area contributed by atoms with Crippen molar-refractivity contribution in [3.05, 3.63) is 473 Å². The molecule has 0 unspecified atom stereocenters. The molecule has 25 aromatic rings. The van der Waals surface area contributed by atoms with Crippen LogP contribution in [0.5, 0.6) is 0 Å². The van der Waals surface area contributed by atoms with Crippen molar-refractivity contribution in [3.8, 4) is 100 Å². The molecule has 0 saturated heterocycles. The zero-order valence-corrected chi connectivity index (χ0v) is 69.7. The van der Waals surface area contributed by atoms with E-state index in [1.165, 1.54) is 92.5 Å². The summed E-state index contributed by atoms with van der Waals surface area (Å²) in [5, 5.41) is 21.0. The summed E-state index contributed by atoms with van der Waals surface area (Å²) in [7, 11) is 0. The van der Waals surface area contributed by atoms with E-state index >= 15 is 0 Å². The molecule has 596 valence electrons. The highest BCUT2D eigenvalue weighted by molar-refractivity contribution is 6.22. The van der Waals surface area contributed by atoms with Gasteiger partial charge < -0.3 is 18.6 Å². The largest absolute Gasteiger partial charge is 0.456 e. The van der Waals surface area contributed by atoms with Crippen LogP contribution >= 0.6 is 0 Å². The lowest BCUT2D eigenvalue weighted by Crippen LogP contribution is -2.12. The van der Waals surface area contributed by atoms with Crippen LogP contribution < -0.4 is 9.80 Å². The minimum Gasteiger partial charge on any atom is -0.456 e. The smallest absolute Gasteiger partial charge is 0.143 e. The molecule has 4 nitrogen and oxygen atoms in total. The minimum atomic E-state index is 0.830. The maximum absolute atomic E-state index is 7.00. The summed E-state index contributed by atoms with van der Waals surface area (Å²) in [5.74, 6) is 0. The number of nitrogens with zero attached hydrogens (tertiary/aromatic N) is 2. The molecule has 0 saturated carbocycles. The van der Waals surface area contributed by atoms with Gasteiger partial charge in [0.05, 0.1) is 33.5 Å². The Morgan fingerprint density at radius 2 is 0.453 bits per heavy atom. The zero-order valence-electron chi connectivity index (χ0n) is 69.7. The Morgan fingerprint density at radius 3 is 0.961 bits per heavy atom. The Kier molecular flexibility index (Phi) is 17.6. The molecule has 128 heavy (non-hydrogen) atoms. The van der Waals surface area contributed by atoms with Gasteiger partial charge in [-0.1, -0.05) is 394 Å². The lowest BCUT2D eigenvalue weighted by atomic mass is 9.89. The average Bonchev–Trinajstić information content (AvgIpc) is 1.50. The Labute approximate surface area is 740 Å². The van der Waals surface area contributed by atoms with Crippen LogP contribution in [0.2, 0.25) is 0 Å². The lowest BCUT2D eigenvalue weighted by Gasteiger charge is -2.29. The number of fused-ring (bicyclic) bond motifs is 16. The molecule has 0 radical (unpaired) electrons. The summed E-state index contributed by atoms with van der Waals surface area (Å²) in [4.78, 5) is 4.93. The fourth-order valence-electron chi connectivity index (χ4n) is 20.4. The summed E-state index contributed by atoms with van der Waals surface area (Å²) >= 11 is 0. The molecule has 23 aromatic carbocycles. The second-order valence-corrected chi connectivity index (χ2v) is 33.6. The molecular formula is C124H78N2O2.